The standard InChI is InChI=1S/C14H21NO/c1-11-6-5-9-13(14(11)16)15-10-12-7-3-2-4-8-12/h2-4,7-8,11,13-16H,5-6,9-10H2,1H3/t11-,13-,14-/m1/s1. The van der Waals surface area contributed by atoms with Gasteiger partial charge in [0.2, 0.25) is 0 Å². The van der Waals surface area contributed by atoms with Gasteiger partial charge in [0.1, 0.15) is 0 Å². The maximum Gasteiger partial charge on any atom is 0.0718 e. The van der Waals surface area contributed by atoms with Gasteiger partial charge in [-0.2, -0.15) is 0 Å². The lowest BCUT2D eigenvalue weighted by Gasteiger charge is -2.33. The molecule has 0 saturated heterocycles. The van der Waals surface area contributed by atoms with Crippen LogP contribution < -0.4 is 5.32 Å². The second-order valence-corrected chi connectivity index (χ2v) is 4.87. The molecule has 1 fully saturated rings. The summed E-state index contributed by atoms with van der Waals surface area (Å²) in [5.74, 6) is 0.432. The summed E-state index contributed by atoms with van der Waals surface area (Å²) >= 11 is 0. The van der Waals surface area contributed by atoms with Crippen LogP contribution in [-0.4, -0.2) is 17.3 Å². The van der Waals surface area contributed by atoms with Gasteiger partial charge in [0.05, 0.1) is 6.10 Å². The van der Waals surface area contributed by atoms with E-state index in [1.54, 1.807) is 0 Å². The number of hydrogen-bond acceptors (Lipinski definition) is 2. The van der Waals surface area contributed by atoms with Gasteiger partial charge in [-0.05, 0) is 24.3 Å². The number of aliphatic hydroxyl groups excluding tert-OH is 1. The second kappa shape index (κ2) is 5.46. The number of benzene rings is 1. The van der Waals surface area contributed by atoms with Crippen molar-refractivity contribution in [2.45, 2.75) is 44.9 Å². The van der Waals surface area contributed by atoms with Crippen LogP contribution in [0.15, 0.2) is 30.3 Å². The summed E-state index contributed by atoms with van der Waals surface area (Å²) < 4.78 is 0. The molecule has 3 atom stereocenters. The van der Waals surface area contributed by atoms with Crippen LogP contribution in [-0.2, 0) is 6.54 Å². The quantitative estimate of drug-likeness (QED) is 0.817. The molecule has 1 aromatic carbocycles. The van der Waals surface area contributed by atoms with E-state index in [-0.39, 0.29) is 12.1 Å². The van der Waals surface area contributed by atoms with Crippen LogP contribution in [0.1, 0.15) is 31.7 Å². The molecule has 0 aromatic heterocycles. The van der Waals surface area contributed by atoms with Crippen LogP contribution in [0.25, 0.3) is 0 Å². The summed E-state index contributed by atoms with van der Waals surface area (Å²) in [5.41, 5.74) is 1.29. The molecule has 2 rings (SSSR count). The molecule has 1 aliphatic rings. The largest absolute Gasteiger partial charge is 0.391 e. The smallest absolute Gasteiger partial charge is 0.0718 e. The fourth-order valence-electron chi connectivity index (χ4n) is 2.47. The molecule has 1 saturated carbocycles. The summed E-state index contributed by atoms with van der Waals surface area (Å²) in [6.07, 6.45) is 3.30. The Morgan fingerprint density at radius 1 is 1.25 bits per heavy atom. The molecule has 0 spiro atoms. The molecule has 0 unspecified atom stereocenters. The van der Waals surface area contributed by atoms with Gasteiger partial charge >= 0.3 is 0 Å². The van der Waals surface area contributed by atoms with Gasteiger partial charge in [-0.25, -0.2) is 0 Å². The average molecular weight is 219 g/mol. The highest BCUT2D eigenvalue weighted by Gasteiger charge is 2.28. The maximum absolute atomic E-state index is 10.1. The molecule has 0 heterocycles. The molecule has 0 aliphatic heterocycles. The van der Waals surface area contributed by atoms with E-state index >= 15 is 0 Å². The Morgan fingerprint density at radius 3 is 2.75 bits per heavy atom. The van der Waals surface area contributed by atoms with E-state index in [9.17, 15) is 5.11 Å². The zero-order chi connectivity index (χ0) is 11.4. The highest BCUT2D eigenvalue weighted by atomic mass is 16.3. The molecule has 0 bridgehead atoms. The summed E-state index contributed by atoms with van der Waals surface area (Å²) in [4.78, 5) is 0. The van der Waals surface area contributed by atoms with Crippen molar-refractivity contribution in [2.24, 2.45) is 5.92 Å². The van der Waals surface area contributed by atoms with Crippen LogP contribution in [0.4, 0.5) is 0 Å². The van der Waals surface area contributed by atoms with Gasteiger partial charge in [-0.3, -0.25) is 0 Å². The molecule has 1 aromatic rings. The van der Waals surface area contributed by atoms with E-state index in [0.29, 0.717) is 5.92 Å². The van der Waals surface area contributed by atoms with Gasteiger partial charge in [-0.15, -0.1) is 0 Å². The number of aliphatic hydroxyl groups is 1. The third-order valence-electron chi connectivity index (χ3n) is 3.58. The minimum Gasteiger partial charge on any atom is -0.391 e. The van der Waals surface area contributed by atoms with E-state index < -0.39 is 0 Å². The van der Waals surface area contributed by atoms with Crippen LogP contribution in [0.3, 0.4) is 0 Å². The van der Waals surface area contributed by atoms with E-state index in [0.717, 1.165) is 19.4 Å². The number of hydrogen-bond donors (Lipinski definition) is 2. The molecule has 1 aliphatic carbocycles. The minimum absolute atomic E-state index is 0.183. The predicted octanol–water partition coefficient (Wildman–Crippen LogP) is 2.33. The fraction of sp³-hybridized carbons (Fsp3) is 0.571. The minimum atomic E-state index is -0.183. The van der Waals surface area contributed by atoms with Crippen molar-refractivity contribution in [1.29, 1.82) is 0 Å². The van der Waals surface area contributed by atoms with Gasteiger partial charge < -0.3 is 10.4 Å². The molecule has 2 nitrogen and oxygen atoms in total. The van der Waals surface area contributed by atoms with Crippen molar-refractivity contribution in [1.82, 2.24) is 5.32 Å². The first kappa shape index (κ1) is 11.6. The lowest BCUT2D eigenvalue weighted by Crippen LogP contribution is -2.45. The van der Waals surface area contributed by atoms with Gasteiger partial charge in [0.25, 0.3) is 0 Å². The van der Waals surface area contributed by atoms with E-state index in [1.807, 2.05) is 6.07 Å². The third-order valence-corrected chi connectivity index (χ3v) is 3.58. The molecule has 2 heteroatoms. The molecule has 88 valence electrons. The predicted molar refractivity (Wildman–Crippen MR) is 66.1 cm³/mol. The normalized spacial score (nSPS) is 30.2. The van der Waals surface area contributed by atoms with Crippen molar-refractivity contribution >= 4 is 0 Å². The van der Waals surface area contributed by atoms with E-state index in [1.165, 1.54) is 12.0 Å². The Labute approximate surface area is 97.7 Å². The first-order valence-corrected chi connectivity index (χ1v) is 6.23. The zero-order valence-electron chi connectivity index (χ0n) is 9.89. The van der Waals surface area contributed by atoms with Gasteiger partial charge in [0, 0.05) is 12.6 Å². The van der Waals surface area contributed by atoms with Crippen molar-refractivity contribution in [3.63, 3.8) is 0 Å². The lowest BCUT2D eigenvalue weighted by molar-refractivity contribution is 0.0449. The highest BCUT2D eigenvalue weighted by Crippen LogP contribution is 2.24. The maximum atomic E-state index is 10.1. The highest BCUT2D eigenvalue weighted by molar-refractivity contribution is 5.14. The Kier molecular flexibility index (Phi) is 3.97. The number of rotatable bonds is 3. The monoisotopic (exact) mass is 219 g/mol. The molecule has 0 amide bonds. The van der Waals surface area contributed by atoms with Crippen molar-refractivity contribution in [3.05, 3.63) is 35.9 Å². The van der Waals surface area contributed by atoms with Gasteiger partial charge in [0.15, 0.2) is 0 Å². The topological polar surface area (TPSA) is 32.3 Å². The molecule has 0 radical (unpaired) electrons. The van der Waals surface area contributed by atoms with Crippen molar-refractivity contribution < 1.29 is 5.11 Å². The fourth-order valence-corrected chi connectivity index (χ4v) is 2.47. The number of nitrogens with one attached hydrogen (secondary N) is 1. The zero-order valence-corrected chi connectivity index (χ0v) is 9.89. The third kappa shape index (κ3) is 2.83. The second-order valence-electron chi connectivity index (χ2n) is 4.87. The first-order chi connectivity index (χ1) is 7.77. The Hall–Kier alpha value is -0.860. The van der Waals surface area contributed by atoms with Crippen molar-refractivity contribution in [3.8, 4) is 0 Å². The van der Waals surface area contributed by atoms with E-state index in [2.05, 4.69) is 36.5 Å². The molecular formula is C14H21NO. The SMILES string of the molecule is C[C@@H]1CCC[C@@H](NCc2ccccc2)[C@@H]1O. The summed E-state index contributed by atoms with van der Waals surface area (Å²) in [7, 11) is 0. The first-order valence-electron chi connectivity index (χ1n) is 6.23. The Morgan fingerprint density at radius 2 is 2.00 bits per heavy atom. The van der Waals surface area contributed by atoms with Crippen LogP contribution in [0.5, 0.6) is 0 Å². The van der Waals surface area contributed by atoms with Crippen LogP contribution in [0, 0.1) is 5.92 Å². The average Bonchev–Trinajstić information content (AvgIpc) is 2.32. The van der Waals surface area contributed by atoms with Gasteiger partial charge in [-0.1, -0.05) is 43.7 Å². The molecule has 2 N–H and O–H groups in total. The van der Waals surface area contributed by atoms with Crippen molar-refractivity contribution in [2.75, 3.05) is 0 Å². The Balaban J connectivity index is 1.85. The lowest BCUT2D eigenvalue weighted by atomic mass is 9.84. The van der Waals surface area contributed by atoms with Crippen LogP contribution in [0.2, 0.25) is 0 Å². The summed E-state index contributed by atoms with van der Waals surface area (Å²) in [5, 5.41) is 13.5. The summed E-state index contributed by atoms with van der Waals surface area (Å²) in [6, 6.07) is 10.6. The Bertz CT molecular complexity index is 312. The van der Waals surface area contributed by atoms with Crippen LogP contribution >= 0.6 is 0 Å². The molecule has 16 heavy (non-hydrogen) atoms. The van der Waals surface area contributed by atoms with E-state index in [4.69, 9.17) is 0 Å². The summed E-state index contributed by atoms with van der Waals surface area (Å²) in [6.45, 7) is 3.00. The molecular weight excluding hydrogens is 198 g/mol.